The van der Waals surface area contributed by atoms with Crippen LogP contribution in [0.15, 0.2) is 45.7 Å². The number of aromatic nitrogens is 1. The molecule has 2 aromatic carbocycles. The van der Waals surface area contributed by atoms with Gasteiger partial charge in [-0.15, -0.1) is 0 Å². The molecule has 4 rings (SSSR count). The fraction of sp³-hybridized carbons (Fsp3) is 0.300. The third-order valence-electron chi connectivity index (χ3n) is 4.91. The van der Waals surface area contributed by atoms with Crippen LogP contribution in [0.3, 0.4) is 0 Å². The van der Waals surface area contributed by atoms with E-state index in [9.17, 15) is 13.2 Å². The van der Waals surface area contributed by atoms with Gasteiger partial charge in [0.15, 0.2) is 11.5 Å². The maximum absolute atomic E-state index is 12.8. The summed E-state index contributed by atoms with van der Waals surface area (Å²) in [5.74, 6) is 0.185. The van der Waals surface area contributed by atoms with Crippen LogP contribution in [-0.2, 0) is 10.0 Å². The maximum Gasteiger partial charge on any atom is 0.255 e. The van der Waals surface area contributed by atoms with Crippen LogP contribution < -0.4 is 5.32 Å². The van der Waals surface area contributed by atoms with Crippen molar-refractivity contribution >= 4 is 32.7 Å². The van der Waals surface area contributed by atoms with Gasteiger partial charge in [-0.25, -0.2) is 13.4 Å². The van der Waals surface area contributed by atoms with Gasteiger partial charge in [0.05, 0.1) is 4.90 Å². The molecule has 2 heterocycles. The van der Waals surface area contributed by atoms with Gasteiger partial charge in [0.2, 0.25) is 10.0 Å². The normalized spacial score (nSPS) is 15.2. The highest BCUT2D eigenvalue weighted by molar-refractivity contribution is 7.89. The fourth-order valence-electron chi connectivity index (χ4n) is 3.40. The zero-order valence-electron chi connectivity index (χ0n) is 15.7. The third kappa shape index (κ3) is 3.41. The van der Waals surface area contributed by atoms with Crippen LogP contribution in [0.1, 0.15) is 34.7 Å². The summed E-state index contributed by atoms with van der Waals surface area (Å²) in [5.41, 5.74) is 2.90. The van der Waals surface area contributed by atoms with Crippen molar-refractivity contribution in [1.82, 2.24) is 9.29 Å². The van der Waals surface area contributed by atoms with Gasteiger partial charge >= 0.3 is 0 Å². The smallest absolute Gasteiger partial charge is 0.255 e. The highest BCUT2D eigenvalue weighted by Crippen LogP contribution is 2.24. The second-order valence-corrected chi connectivity index (χ2v) is 8.90. The Morgan fingerprint density at radius 3 is 2.61 bits per heavy atom. The lowest BCUT2D eigenvalue weighted by atomic mass is 10.1. The Balaban J connectivity index is 1.62. The molecule has 7 nitrogen and oxygen atoms in total. The molecule has 1 fully saturated rings. The van der Waals surface area contributed by atoms with Crippen molar-refractivity contribution in [2.24, 2.45) is 0 Å². The van der Waals surface area contributed by atoms with Gasteiger partial charge in [-0.1, -0.05) is 6.07 Å². The molecule has 28 heavy (non-hydrogen) atoms. The first-order valence-corrected chi connectivity index (χ1v) is 10.6. The first kappa shape index (κ1) is 18.6. The van der Waals surface area contributed by atoms with Gasteiger partial charge in [0, 0.05) is 31.3 Å². The van der Waals surface area contributed by atoms with Crippen LogP contribution in [0, 0.1) is 13.8 Å². The number of aryl methyl sites for hydroxylation is 2. The minimum absolute atomic E-state index is 0.146. The van der Waals surface area contributed by atoms with Gasteiger partial charge in [0.25, 0.3) is 5.91 Å². The van der Waals surface area contributed by atoms with Gasteiger partial charge in [-0.05, 0) is 55.7 Å². The van der Waals surface area contributed by atoms with Crippen LogP contribution >= 0.6 is 0 Å². The number of sulfonamides is 1. The first-order chi connectivity index (χ1) is 13.3. The number of hydrogen-bond acceptors (Lipinski definition) is 5. The van der Waals surface area contributed by atoms with Crippen molar-refractivity contribution < 1.29 is 17.6 Å². The molecular weight excluding hydrogens is 378 g/mol. The second kappa shape index (κ2) is 7.03. The van der Waals surface area contributed by atoms with Crippen LogP contribution in [0.5, 0.6) is 0 Å². The molecule has 1 amide bonds. The quantitative estimate of drug-likeness (QED) is 0.725. The Morgan fingerprint density at radius 2 is 1.86 bits per heavy atom. The highest BCUT2D eigenvalue weighted by atomic mass is 32.2. The number of hydrogen-bond donors (Lipinski definition) is 1. The zero-order chi connectivity index (χ0) is 19.9. The van der Waals surface area contributed by atoms with Gasteiger partial charge < -0.3 is 9.73 Å². The lowest BCUT2D eigenvalue weighted by Crippen LogP contribution is -2.28. The number of rotatable bonds is 4. The summed E-state index contributed by atoms with van der Waals surface area (Å²) < 4.78 is 32.5. The number of anilines is 1. The van der Waals surface area contributed by atoms with E-state index in [1.165, 1.54) is 10.4 Å². The Morgan fingerprint density at radius 1 is 1.11 bits per heavy atom. The Kier molecular flexibility index (Phi) is 4.68. The van der Waals surface area contributed by atoms with Crippen LogP contribution in [0.4, 0.5) is 5.69 Å². The van der Waals surface area contributed by atoms with E-state index in [0.717, 1.165) is 12.8 Å². The monoisotopic (exact) mass is 399 g/mol. The Hall–Kier alpha value is -2.71. The van der Waals surface area contributed by atoms with Crippen LogP contribution in [0.25, 0.3) is 11.1 Å². The molecule has 1 aromatic heterocycles. The molecule has 1 saturated heterocycles. The maximum atomic E-state index is 12.8. The van der Waals surface area contributed by atoms with Crippen LogP contribution in [0.2, 0.25) is 0 Å². The summed E-state index contributed by atoms with van der Waals surface area (Å²) >= 11 is 0. The van der Waals surface area contributed by atoms with Crippen LogP contribution in [-0.4, -0.2) is 36.7 Å². The number of carbonyl (C=O) groups excluding carboxylic acids is 1. The average molecular weight is 399 g/mol. The van der Waals surface area contributed by atoms with Crippen molar-refractivity contribution in [2.45, 2.75) is 31.6 Å². The summed E-state index contributed by atoms with van der Waals surface area (Å²) in [6, 6.07) is 9.88. The van der Waals surface area contributed by atoms with E-state index >= 15 is 0 Å². The van der Waals surface area contributed by atoms with Gasteiger partial charge in [-0.2, -0.15) is 4.31 Å². The zero-order valence-corrected chi connectivity index (χ0v) is 16.5. The number of nitrogens with zero attached hydrogens (tertiary/aromatic N) is 2. The molecule has 0 spiro atoms. The van der Waals surface area contributed by atoms with Gasteiger partial charge in [-0.3, -0.25) is 4.79 Å². The molecule has 1 aliphatic rings. The van der Waals surface area contributed by atoms with E-state index in [1.807, 2.05) is 0 Å². The lowest BCUT2D eigenvalue weighted by Gasteiger charge is -2.17. The van der Waals surface area contributed by atoms with Crippen molar-refractivity contribution in [3.05, 3.63) is 53.4 Å². The predicted octanol–water partition coefficient (Wildman–Crippen LogP) is 3.48. The second-order valence-electron chi connectivity index (χ2n) is 6.96. The third-order valence-corrected chi connectivity index (χ3v) is 6.80. The SMILES string of the molecule is Cc1nc2cc(NC(=O)c3cc(S(=O)(=O)N4CCCC4)ccc3C)ccc2o1. The summed E-state index contributed by atoms with van der Waals surface area (Å²) in [6.45, 7) is 4.59. The van der Waals surface area contributed by atoms with E-state index in [0.29, 0.717) is 46.9 Å². The van der Waals surface area contributed by atoms with E-state index in [2.05, 4.69) is 10.3 Å². The van der Waals surface area contributed by atoms with Crippen molar-refractivity contribution in [3.8, 4) is 0 Å². The number of amides is 1. The average Bonchev–Trinajstić information content (AvgIpc) is 3.30. The summed E-state index contributed by atoms with van der Waals surface area (Å²) in [5, 5.41) is 2.82. The van der Waals surface area contributed by atoms with Crippen molar-refractivity contribution in [3.63, 3.8) is 0 Å². The summed E-state index contributed by atoms with van der Waals surface area (Å²) in [6.07, 6.45) is 1.73. The highest BCUT2D eigenvalue weighted by Gasteiger charge is 2.28. The number of carbonyl (C=O) groups is 1. The fourth-order valence-corrected chi connectivity index (χ4v) is 4.95. The Labute approximate surface area is 163 Å². The minimum Gasteiger partial charge on any atom is -0.441 e. The van der Waals surface area contributed by atoms with Crippen molar-refractivity contribution in [1.29, 1.82) is 0 Å². The van der Waals surface area contributed by atoms with Gasteiger partial charge in [0.1, 0.15) is 5.52 Å². The topological polar surface area (TPSA) is 92.5 Å². The molecule has 8 heteroatoms. The molecule has 3 aromatic rings. The predicted molar refractivity (Wildman–Crippen MR) is 106 cm³/mol. The Bertz CT molecular complexity index is 1160. The molecule has 0 saturated carbocycles. The first-order valence-electron chi connectivity index (χ1n) is 9.14. The largest absolute Gasteiger partial charge is 0.441 e. The lowest BCUT2D eigenvalue weighted by molar-refractivity contribution is 0.102. The molecule has 0 radical (unpaired) electrons. The standard InChI is InChI=1S/C20H21N3O4S/c1-13-5-7-16(28(25,26)23-9-3-4-10-23)12-17(13)20(24)22-15-6-8-19-18(11-15)21-14(2)27-19/h5-8,11-12H,3-4,9-10H2,1-2H3,(H,22,24). The number of oxazole rings is 1. The molecular formula is C20H21N3O4S. The number of fused-ring (bicyclic) bond motifs is 1. The number of benzene rings is 2. The molecule has 1 aliphatic heterocycles. The molecule has 0 aliphatic carbocycles. The molecule has 0 unspecified atom stereocenters. The van der Waals surface area contributed by atoms with E-state index in [1.54, 1.807) is 44.2 Å². The van der Waals surface area contributed by atoms with E-state index in [4.69, 9.17) is 4.42 Å². The van der Waals surface area contributed by atoms with Crippen molar-refractivity contribution in [2.75, 3.05) is 18.4 Å². The molecule has 1 N–H and O–H groups in total. The minimum atomic E-state index is -3.58. The summed E-state index contributed by atoms with van der Waals surface area (Å²) in [4.78, 5) is 17.2. The molecule has 146 valence electrons. The summed E-state index contributed by atoms with van der Waals surface area (Å²) in [7, 11) is -3.58. The molecule has 0 bridgehead atoms. The van der Waals surface area contributed by atoms with E-state index in [-0.39, 0.29) is 10.8 Å². The van der Waals surface area contributed by atoms with E-state index < -0.39 is 10.0 Å². The molecule has 0 atom stereocenters. The number of nitrogens with one attached hydrogen (secondary N) is 1.